The summed E-state index contributed by atoms with van der Waals surface area (Å²) < 4.78 is 1.73. The first-order valence-corrected chi connectivity index (χ1v) is 4.52. The van der Waals surface area contributed by atoms with Crippen molar-refractivity contribution in [2.24, 2.45) is 0 Å². The molecule has 0 aliphatic rings. The lowest BCUT2D eigenvalue weighted by Gasteiger charge is -1.85. The summed E-state index contributed by atoms with van der Waals surface area (Å²) in [5.74, 6) is 0. The van der Waals surface area contributed by atoms with Gasteiger partial charge in [0.05, 0.1) is 4.70 Å². The van der Waals surface area contributed by atoms with E-state index in [1.54, 1.807) is 6.07 Å². The quantitative estimate of drug-likeness (QED) is 0.525. The molecule has 5 heteroatoms. The molecule has 0 radical (unpaired) electrons. The van der Waals surface area contributed by atoms with Crippen LogP contribution in [0.4, 0.5) is 0 Å². The second-order valence-electron chi connectivity index (χ2n) is 1.95. The number of rotatable bonds is 0. The van der Waals surface area contributed by atoms with Gasteiger partial charge < -0.3 is 0 Å². The number of hydrogen-bond acceptors (Lipinski definition) is 4. The minimum absolute atomic E-state index is 0.469. The number of halogens is 1. The lowest BCUT2D eigenvalue weighted by molar-refractivity contribution is 1.24. The fourth-order valence-corrected chi connectivity index (χ4v) is 1.96. The Morgan fingerprint density at radius 3 is 3.00 bits per heavy atom. The summed E-state index contributed by atoms with van der Waals surface area (Å²) in [7, 11) is 0. The summed E-state index contributed by atoms with van der Waals surface area (Å²) in [6.45, 7) is 0. The highest BCUT2D eigenvalue weighted by molar-refractivity contribution is 7.82. The highest BCUT2D eigenvalue weighted by Crippen LogP contribution is 2.23. The van der Waals surface area contributed by atoms with Crippen molar-refractivity contribution in [3.8, 4) is 0 Å². The zero-order valence-corrected chi connectivity index (χ0v) is 7.75. The molecule has 0 unspecified atom stereocenters. The molecule has 0 aromatic carbocycles. The van der Waals surface area contributed by atoms with Crippen molar-refractivity contribution < 1.29 is 0 Å². The van der Waals surface area contributed by atoms with Crippen LogP contribution >= 0.6 is 35.6 Å². The maximum absolute atomic E-state index is 5.66. The molecule has 0 aliphatic carbocycles. The molecule has 0 aliphatic heterocycles. The van der Waals surface area contributed by atoms with Crippen molar-refractivity contribution in [2.45, 2.75) is 4.34 Å². The monoisotopic (exact) mass is 202 g/mol. The number of fused-ring (bicyclic) bond motifs is 1. The molecule has 2 heterocycles. The molecule has 0 atom stereocenters. The average Bonchev–Trinajstić information content (AvgIpc) is 2.27. The molecule has 0 N–H and O–H groups in total. The van der Waals surface area contributed by atoms with E-state index in [9.17, 15) is 0 Å². The van der Waals surface area contributed by atoms with Gasteiger partial charge in [-0.05, 0) is 12.1 Å². The van der Waals surface area contributed by atoms with Crippen LogP contribution in [0.5, 0.6) is 0 Å². The Morgan fingerprint density at radius 2 is 2.18 bits per heavy atom. The van der Waals surface area contributed by atoms with E-state index in [1.807, 2.05) is 6.07 Å². The van der Waals surface area contributed by atoms with E-state index in [-0.39, 0.29) is 0 Å². The number of thiazole rings is 1. The summed E-state index contributed by atoms with van der Waals surface area (Å²) in [4.78, 5) is 8.07. The van der Waals surface area contributed by atoms with Gasteiger partial charge in [0.1, 0.15) is 9.49 Å². The molecule has 0 saturated carbocycles. The highest BCUT2D eigenvalue weighted by atomic mass is 35.5. The van der Waals surface area contributed by atoms with E-state index in [0.29, 0.717) is 10.8 Å². The van der Waals surface area contributed by atoms with Crippen LogP contribution in [0.15, 0.2) is 16.5 Å². The molecule has 2 aromatic heterocycles. The molecule has 0 amide bonds. The van der Waals surface area contributed by atoms with Crippen molar-refractivity contribution >= 4 is 45.9 Å². The molecule has 0 fully saturated rings. The van der Waals surface area contributed by atoms with Crippen LogP contribution in [0, 0.1) is 0 Å². The van der Waals surface area contributed by atoms with Crippen molar-refractivity contribution in [1.29, 1.82) is 0 Å². The van der Waals surface area contributed by atoms with E-state index in [2.05, 4.69) is 22.6 Å². The first-order chi connectivity index (χ1) is 5.25. The van der Waals surface area contributed by atoms with E-state index < -0.39 is 0 Å². The number of aromatic nitrogens is 2. The normalized spacial score (nSPS) is 10.7. The van der Waals surface area contributed by atoms with Gasteiger partial charge in [-0.3, -0.25) is 0 Å². The Morgan fingerprint density at radius 1 is 1.36 bits per heavy atom. The van der Waals surface area contributed by atoms with Gasteiger partial charge in [0, 0.05) is 0 Å². The molecule has 2 nitrogen and oxygen atoms in total. The van der Waals surface area contributed by atoms with Gasteiger partial charge in [0.2, 0.25) is 0 Å². The Balaban J connectivity index is 2.82. The minimum atomic E-state index is 0.469. The zero-order valence-electron chi connectivity index (χ0n) is 5.28. The Labute approximate surface area is 77.7 Å². The third-order valence-electron chi connectivity index (χ3n) is 1.21. The van der Waals surface area contributed by atoms with Gasteiger partial charge in [-0.25, -0.2) is 9.97 Å². The van der Waals surface area contributed by atoms with Crippen molar-refractivity contribution in [1.82, 2.24) is 9.97 Å². The molecular formula is C6H3ClN2S2. The summed E-state index contributed by atoms with van der Waals surface area (Å²) >= 11 is 11.3. The summed E-state index contributed by atoms with van der Waals surface area (Å²) in [5.41, 5.74) is 0.674. The van der Waals surface area contributed by atoms with Crippen molar-refractivity contribution in [3.05, 3.63) is 17.3 Å². The fourth-order valence-electron chi connectivity index (χ4n) is 0.784. The van der Waals surface area contributed by atoms with Crippen LogP contribution in [0.3, 0.4) is 0 Å². The summed E-state index contributed by atoms with van der Waals surface area (Å²) in [6.07, 6.45) is 0. The van der Waals surface area contributed by atoms with Crippen LogP contribution in [0.25, 0.3) is 10.3 Å². The van der Waals surface area contributed by atoms with E-state index in [4.69, 9.17) is 11.6 Å². The largest absolute Gasteiger partial charge is 0.215 e. The lowest BCUT2D eigenvalue weighted by atomic mass is 10.5. The van der Waals surface area contributed by atoms with E-state index in [0.717, 1.165) is 9.04 Å². The molecule has 2 rings (SSSR count). The summed E-state index contributed by atoms with van der Waals surface area (Å²) in [5, 5.41) is 0.469. The van der Waals surface area contributed by atoms with Crippen molar-refractivity contribution in [2.75, 3.05) is 0 Å². The Bertz CT molecular complexity index is 398. The number of hydrogen-bond donors (Lipinski definition) is 1. The van der Waals surface area contributed by atoms with E-state index >= 15 is 0 Å². The molecular weight excluding hydrogens is 200 g/mol. The van der Waals surface area contributed by atoms with Crippen LogP contribution in [-0.2, 0) is 0 Å². The molecule has 2 aromatic rings. The SMILES string of the molecule is Sc1nc2nc(Cl)ccc2s1. The van der Waals surface area contributed by atoms with Crippen LogP contribution in [-0.4, -0.2) is 9.97 Å². The third-order valence-corrected chi connectivity index (χ3v) is 2.60. The standard InChI is InChI=1S/C6H3ClN2S2/c7-4-2-1-3-5(8-4)9-6(10)11-3/h1-2H,(H,8,9,10). The van der Waals surface area contributed by atoms with Gasteiger partial charge in [-0.15, -0.1) is 24.0 Å². The molecule has 0 bridgehead atoms. The predicted octanol–water partition coefficient (Wildman–Crippen LogP) is 2.63. The summed E-state index contributed by atoms with van der Waals surface area (Å²) in [6, 6.07) is 3.64. The molecule has 0 saturated heterocycles. The van der Waals surface area contributed by atoms with Gasteiger partial charge in [-0.1, -0.05) is 11.6 Å². The van der Waals surface area contributed by atoms with Crippen LogP contribution < -0.4 is 0 Å². The van der Waals surface area contributed by atoms with Gasteiger partial charge >= 0.3 is 0 Å². The minimum Gasteiger partial charge on any atom is -0.215 e. The molecule has 11 heavy (non-hydrogen) atoms. The second kappa shape index (κ2) is 2.62. The number of pyridine rings is 1. The molecule has 56 valence electrons. The Hall–Kier alpha value is -0.320. The van der Waals surface area contributed by atoms with E-state index in [1.165, 1.54) is 11.3 Å². The maximum Gasteiger partial charge on any atom is 0.173 e. The smallest absolute Gasteiger partial charge is 0.173 e. The van der Waals surface area contributed by atoms with Gasteiger partial charge in [0.25, 0.3) is 0 Å². The first-order valence-electron chi connectivity index (χ1n) is 2.88. The third kappa shape index (κ3) is 1.34. The topological polar surface area (TPSA) is 25.8 Å². The maximum atomic E-state index is 5.66. The lowest BCUT2D eigenvalue weighted by Crippen LogP contribution is -1.75. The van der Waals surface area contributed by atoms with Gasteiger partial charge in [0.15, 0.2) is 5.65 Å². The number of nitrogens with zero attached hydrogens (tertiary/aromatic N) is 2. The van der Waals surface area contributed by atoms with Crippen molar-refractivity contribution in [3.63, 3.8) is 0 Å². The van der Waals surface area contributed by atoms with Gasteiger partial charge in [-0.2, -0.15) is 0 Å². The average molecular weight is 203 g/mol. The van der Waals surface area contributed by atoms with Crippen LogP contribution in [0.2, 0.25) is 5.15 Å². The zero-order chi connectivity index (χ0) is 7.84. The Kier molecular flexibility index (Phi) is 1.75. The van der Waals surface area contributed by atoms with Crippen LogP contribution in [0.1, 0.15) is 0 Å². The second-order valence-corrected chi connectivity index (χ2v) is 4.10. The molecule has 0 spiro atoms. The first kappa shape index (κ1) is 7.34. The number of thiol groups is 1. The predicted molar refractivity (Wildman–Crippen MR) is 49.7 cm³/mol. The fraction of sp³-hybridized carbons (Fsp3) is 0. The highest BCUT2D eigenvalue weighted by Gasteiger charge is 2.01.